The lowest BCUT2D eigenvalue weighted by Gasteiger charge is -2.11. The predicted octanol–water partition coefficient (Wildman–Crippen LogP) is 4.08. The molecule has 156 valence electrons. The standard InChI is InChI=1S/C23H30N2O3S/c1-24(2)11-5-13-27-17-7-9-19-21(15-17)29-22-16-18(8-10-20(22)23(19)26)28-14-6-12-25(3)4/h7-10,15-16H,5-6,11-14H2,1-4H3. The summed E-state index contributed by atoms with van der Waals surface area (Å²) >= 11 is 1.61. The molecule has 6 heteroatoms. The molecule has 0 radical (unpaired) electrons. The fourth-order valence-corrected chi connectivity index (χ4v) is 4.26. The Bertz CT molecular complexity index is 937. The molecule has 3 rings (SSSR count). The largest absolute Gasteiger partial charge is 0.493 e. The Hall–Kier alpha value is -2.15. The van der Waals surface area contributed by atoms with Crippen LogP contribution >= 0.6 is 11.3 Å². The quantitative estimate of drug-likeness (QED) is 0.369. The van der Waals surface area contributed by atoms with Crippen LogP contribution in [0, 0.1) is 0 Å². The van der Waals surface area contributed by atoms with Crippen LogP contribution in [0.25, 0.3) is 20.2 Å². The first-order valence-electron chi connectivity index (χ1n) is 10.00. The second-order valence-corrected chi connectivity index (χ2v) is 8.84. The number of fused-ring (bicyclic) bond motifs is 2. The molecule has 0 N–H and O–H groups in total. The Morgan fingerprint density at radius 3 is 1.62 bits per heavy atom. The summed E-state index contributed by atoms with van der Waals surface area (Å²) in [5.74, 6) is 1.62. The maximum absolute atomic E-state index is 12.9. The van der Waals surface area contributed by atoms with Crippen LogP contribution in [0.15, 0.2) is 41.2 Å². The SMILES string of the molecule is CN(C)CCCOc1ccc2c(=O)c3ccc(OCCCN(C)C)cc3sc2c1. The molecule has 5 nitrogen and oxygen atoms in total. The molecule has 0 saturated carbocycles. The summed E-state index contributed by atoms with van der Waals surface area (Å²) < 4.78 is 13.6. The maximum atomic E-state index is 12.9. The van der Waals surface area contributed by atoms with Gasteiger partial charge in [0.1, 0.15) is 11.5 Å². The third kappa shape index (κ3) is 5.92. The van der Waals surface area contributed by atoms with Crippen molar-refractivity contribution in [2.45, 2.75) is 12.8 Å². The Morgan fingerprint density at radius 2 is 1.21 bits per heavy atom. The topological polar surface area (TPSA) is 42.0 Å². The van der Waals surface area contributed by atoms with Gasteiger partial charge < -0.3 is 19.3 Å². The van der Waals surface area contributed by atoms with E-state index < -0.39 is 0 Å². The second kappa shape index (κ2) is 10.1. The van der Waals surface area contributed by atoms with Gasteiger partial charge in [-0.3, -0.25) is 4.79 Å². The molecule has 1 heterocycles. The molecule has 0 amide bonds. The minimum Gasteiger partial charge on any atom is -0.493 e. The van der Waals surface area contributed by atoms with E-state index in [1.807, 2.05) is 36.4 Å². The zero-order valence-electron chi connectivity index (χ0n) is 17.7. The van der Waals surface area contributed by atoms with E-state index in [2.05, 4.69) is 38.0 Å². The molecule has 0 unspecified atom stereocenters. The highest BCUT2D eigenvalue weighted by Crippen LogP contribution is 2.30. The number of hydrogen-bond acceptors (Lipinski definition) is 6. The molecule has 0 bridgehead atoms. The van der Waals surface area contributed by atoms with E-state index in [1.54, 1.807) is 11.3 Å². The van der Waals surface area contributed by atoms with Gasteiger partial charge in [-0.05, 0) is 77.4 Å². The average molecular weight is 415 g/mol. The van der Waals surface area contributed by atoms with E-state index in [1.165, 1.54) is 0 Å². The smallest absolute Gasteiger partial charge is 0.195 e. The molecule has 29 heavy (non-hydrogen) atoms. The number of rotatable bonds is 10. The fourth-order valence-electron chi connectivity index (χ4n) is 3.13. The summed E-state index contributed by atoms with van der Waals surface area (Å²) in [5.41, 5.74) is 0.0621. The minimum atomic E-state index is 0.0621. The van der Waals surface area contributed by atoms with Crippen molar-refractivity contribution in [3.05, 3.63) is 46.6 Å². The van der Waals surface area contributed by atoms with Gasteiger partial charge in [0.15, 0.2) is 5.43 Å². The van der Waals surface area contributed by atoms with Crippen LogP contribution in [0.4, 0.5) is 0 Å². The lowest BCUT2D eigenvalue weighted by molar-refractivity contribution is 0.282. The highest BCUT2D eigenvalue weighted by atomic mass is 32.1. The zero-order chi connectivity index (χ0) is 20.8. The van der Waals surface area contributed by atoms with Crippen LogP contribution in [-0.4, -0.2) is 64.3 Å². The Balaban J connectivity index is 1.78. The van der Waals surface area contributed by atoms with Crippen molar-refractivity contribution in [2.75, 3.05) is 54.5 Å². The van der Waals surface area contributed by atoms with Crippen LogP contribution in [0.5, 0.6) is 11.5 Å². The van der Waals surface area contributed by atoms with E-state index in [4.69, 9.17) is 9.47 Å². The minimum absolute atomic E-state index is 0.0621. The van der Waals surface area contributed by atoms with Crippen molar-refractivity contribution in [1.29, 1.82) is 0 Å². The van der Waals surface area contributed by atoms with E-state index in [0.29, 0.717) is 13.2 Å². The van der Waals surface area contributed by atoms with Crippen molar-refractivity contribution in [2.24, 2.45) is 0 Å². The molecular weight excluding hydrogens is 384 g/mol. The van der Waals surface area contributed by atoms with E-state index >= 15 is 0 Å². The lowest BCUT2D eigenvalue weighted by Crippen LogP contribution is -2.15. The second-order valence-electron chi connectivity index (χ2n) is 7.76. The number of ether oxygens (including phenoxy) is 2. The summed E-state index contributed by atoms with van der Waals surface area (Å²) in [6.07, 6.45) is 1.93. The monoisotopic (exact) mass is 414 g/mol. The Labute approximate surface area is 176 Å². The van der Waals surface area contributed by atoms with Crippen LogP contribution in [0.2, 0.25) is 0 Å². The van der Waals surface area contributed by atoms with Crippen molar-refractivity contribution in [3.8, 4) is 11.5 Å². The van der Waals surface area contributed by atoms with Crippen LogP contribution in [0.3, 0.4) is 0 Å². The first-order chi connectivity index (χ1) is 13.9. The number of hydrogen-bond donors (Lipinski definition) is 0. The summed E-state index contributed by atoms with van der Waals surface area (Å²) in [7, 11) is 8.22. The van der Waals surface area contributed by atoms with Gasteiger partial charge in [-0.15, -0.1) is 11.3 Å². The molecule has 0 aliphatic rings. The normalized spacial score (nSPS) is 11.7. The molecular formula is C23H30N2O3S. The van der Waals surface area contributed by atoms with Gasteiger partial charge in [-0.1, -0.05) is 0 Å². The van der Waals surface area contributed by atoms with E-state index in [-0.39, 0.29) is 5.43 Å². The maximum Gasteiger partial charge on any atom is 0.195 e. The first kappa shape index (κ1) is 21.6. The predicted molar refractivity (Wildman–Crippen MR) is 123 cm³/mol. The van der Waals surface area contributed by atoms with Crippen LogP contribution in [0.1, 0.15) is 12.8 Å². The third-order valence-electron chi connectivity index (χ3n) is 4.65. The molecule has 0 atom stereocenters. The van der Waals surface area contributed by atoms with Gasteiger partial charge in [0.2, 0.25) is 0 Å². The molecule has 0 spiro atoms. The van der Waals surface area contributed by atoms with Gasteiger partial charge in [0, 0.05) is 33.3 Å². The van der Waals surface area contributed by atoms with Gasteiger partial charge >= 0.3 is 0 Å². The third-order valence-corrected chi connectivity index (χ3v) is 5.77. The van der Waals surface area contributed by atoms with Crippen LogP contribution in [-0.2, 0) is 0 Å². The Kier molecular flexibility index (Phi) is 7.47. The van der Waals surface area contributed by atoms with Crippen molar-refractivity contribution in [1.82, 2.24) is 9.80 Å². The molecule has 2 aromatic carbocycles. The van der Waals surface area contributed by atoms with Crippen molar-refractivity contribution >= 4 is 31.5 Å². The summed E-state index contributed by atoms with van der Waals surface area (Å²) in [6, 6.07) is 11.5. The molecule has 0 fully saturated rings. The van der Waals surface area contributed by atoms with Crippen molar-refractivity contribution < 1.29 is 9.47 Å². The van der Waals surface area contributed by atoms with Crippen molar-refractivity contribution in [3.63, 3.8) is 0 Å². The van der Waals surface area contributed by atoms with E-state index in [0.717, 1.165) is 57.6 Å². The molecule has 1 aromatic heterocycles. The lowest BCUT2D eigenvalue weighted by atomic mass is 10.2. The highest BCUT2D eigenvalue weighted by Gasteiger charge is 2.09. The highest BCUT2D eigenvalue weighted by molar-refractivity contribution is 7.24. The summed E-state index contributed by atoms with van der Waals surface area (Å²) in [6.45, 7) is 3.31. The first-order valence-corrected chi connectivity index (χ1v) is 10.8. The Morgan fingerprint density at radius 1 is 0.759 bits per heavy atom. The van der Waals surface area contributed by atoms with E-state index in [9.17, 15) is 4.79 Å². The zero-order valence-corrected chi connectivity index (χ0v) is 18.6. The average Bonchev–Trinajstić information content (AvgIpc) is 2.68. The molecule has 0 aliphatic heterocycles. The number of nitrogens with zero attached hydrogens (tertiary/aromatic N) is 2. The van der Waals surface area contributed by atoms with Gasteiger partial charge in [0.25, 0.3) is 0 Å². The molecule has 3 aromatic rings. The van der Waals surface area contributed by atoms with Crippen LogP contribution < -0.4 is 14.9 Å². The van der Waals surface area contributed by atoms with Gasteiger partial charge in [-0.2, -0.15) is 0 Å². The van der Waals surface area contributed by atoms with Gasteiger partial charge in [-0.25, -0.2) is 0 Å². The number of benzene rings is 2. The summed E-state index contributed by atoms with van der Waals surface area (Å²) in [4.78, 5) is 17.2. The molecule has 0 saturated heterocycles. The van der Waals surface area contributed by atoms with Gasteiger partial charge in [0.05, 0.1) is 13.2 Å². The molecule has 0 aliphatic carbocycles. The summed E-state index contributed by atoms with van der Waals surface area (Å²) in [5, 5.41) is 1.48. The fraction of sp³-hybridized carbons (Fsp3) is 0.435.